The Morgan fingerprint density at radius 3 is 2.62 bits per heavy atom. The minimum absolute atomic E-state index is 0.0331. The third kappa shape index (κ3) is 2.30. The topological polar surface area (TPSA) is 76.0 Å². The summed E-state index contributed by atoms with van der Waals surface area (Å²) in [5.74, 6) is 0. The van der Waals surface area contributed by atoms with Crippen LogP contribution in [0.2, 0.25) is 0 Å². The van der Waals surface area contributed by atoms with Crippen molar-refractivity contribution >= 4 is 29.2 Å². The number of rotatable bonds is 2. The quantitative estimate of drug-likeness (QED) is 0.432. The third-order valence-electron chi connectivity index (χ3n) is 3.23. The lowest BCUT2D eigenvalue weighted by atomic mass is 10.1. The largest absolute Gasteiger partial charge is 0.353 e. The summed E-state index contributed by atoms with van der Waals surface area (Å²) in [4.78, 5) is 26.1. The van der Waals surface area contributed by atoms with Crippen molar-refractivity contribution in [1.82, 2.24) is 4.98 Å². The molecule has 0 fully saturated rings. The van der Waals surface area contributed by atoms with Crippen LogP contribution in [0.3, 0.4) is 0 Å². The molecule has 0 unspecified atom stereocenters. The van der Waals surface area contributed by atoms with Crippen molar-refractivity contribution in [2.45, 2.75) is 4.90 Å². The fourth-order valence-electron chi connectivity index (χ4n) is 2.21. The van der Waals surface area contributed by atoms with Crippen LogP contribution in [0.4, 0.5) is 5.69 Å². The number of nitrogens with zero attached hydrogens (tertiary/aromatic N) is 1. The Morgan fingerprint density at radius 1 is 1.10 bits per heavy atom. The normalized spacial score (nSPS) is 10.7. The van der Waals surface area contributed by atoms with Crippen LogP contribution in [0.25, 0.3) is 22.2 Å². The first-order valence-corrected chi connectivity index (χ1v) is 6.61. The van der Waals surface area contributed by atoms with Gasteiger partial charge in [-0.15, -0.1) is 12.6 Å². The van der Waals surface area contributed by atoms with Gasteiger partial charge in [-0.1, -0.05) is 24.3 Å². The Kier molecular flexibility index (Phi) is 3.23. The van der Waals surface area contributed by atoms with E-state index in [1.807, 2.05) is 6.07 Å². The van der Waals surface area contributed by atoms with Crippen LogP contribution in [-0.2, 0) is 0 Å². The van der Waals surface area contributed by atoms with Crippen LogP contribution < -0.4 is 5.43 Å². The molecule has 0 saturated carbocycles. The maximum atomic E-state index is 12.3. The van der Waals surface area contributed by atoms with E-state index in [-0.39, 0.29) is 16.0 Å². The molecule has 0 saturated heterocycles. The molecule has 6 heteroatoms. The van der Waals surface area contributed by atoms with Gasteiger partial charge in [-0.05, 0) is 12.1 Å². The number of nitro groups is 1. The van der Waals surface area contributed by atoms with Crippen molar-refractivity contribution in [3.63, 3.8) is 0 Å². The van der Waals surface area contributed by atoms with E-state index in [2.05, 4.69) is 17.6 Å². The summed E-state index contributed by atoms with van der Waals surface area (Å²) in [6.07, 6.45) is 0. The summed E-state index contributed by atoms with van der Waals surface area (Å²) in [5, 5.41) is 11.4. The average Bonchev–Trinajstić information content (AvgIpc) is 2.51. The van der Waals surface area contributed by atoms with Crippen LogP contribution in [0.5, 0.6) is 0 Å². The minimum atomic E-state index is -0.471. The molecular weight excluding hydrogens is 288 g/mol. The highest BCUT2D eigenvalue weighted by Gasteiger charge is 2.13. The van der Waals surface area contributed by atoms with Crippen molar-refractivity contribution in [2.75, 3.05) is 0 Å². The van der Waals surface area contributed by atoms with Crippen molar-refractivity contribution in [1.29, 1.82) is 0 Å². The molecule has 0 aliphatic rings. The van der Waals surface area contributed by atoms with Gasteiger partial charge in [0.25, 0.3) is 5.69 Å². The lowest BCUT2D eigenvalue weighted by molar-refractivity contribution is -0.384. The van der Waals surface area contributed by atoms with Gasteiger partial charge in [0.05, 0.1) is 15.5 Å². The first kappa shape index (κ1) is 13.4. The summed E-state index contributed by atoms with van der Waals surface area (Å²) in [7, 11) is 0. The molecule has 0 atom stereocenters. The molecule has 3 aromatic rings. The highest BCUT2D eigenvalue weighted by atomic mass is 32.1. The van der Waals surface area contributed by atoms with E-state index in [0.717, 1.165) is 0 Å². The van der Waals surface area contributed by atoms with Gasteiger partial charge in [-0.2, -0.15) is 0 Å². The van der Waals surface area contributed by atoms with Crippen LogP contribution in [0, 0.1) is 10.1 Å². The zero-order valence-corrected chi connectivity index (χ0v) is 11.6. The molecule has 0 aliphatic carbocycles. The fraction of sp³-hybridized carbons (Fsp3) is 0. The number of fused-ring (bicyclic) bond motifs is 1. The van der Waals surface area contributed by atoms with Gasteiger partial charge in [-0.25, -0.2) is 0 Å². The molecule has 21 heavy (non-hydrogen) atoms. The first-order valence-electron chi connectivity index (χ1n) is 6.17. The molecule has 104 valence electrons. The van der Waals surface area contributed by atoms with Gasteiger partial charge in [0.2, 0.25) is 5.43 Å². The Morgan fingerprint density at radius 2 is 1.86 bits per heavy atom. The molecule has 3 rings (SSSR count). The van der Waals surface area contributed by atoms with Crippen molar-refractivity contribution in [3.8, 4) is 11.3 Å². The molecule has 0 radical (unpaired) electrons. The maximum Gasteiger partial charge on any atom is 0.270 e. The Labute approximate surface area is 124 Å². The van der Waals surface area contributed by atoms with Gasteiger partial charge < -0.3 is 4.98 Å². The average molecular weight is 298 g/mol. The number of pyridine rings is 1. The summed E-state index contributed by atoms with van der Waals surface area (Å²) in [5.41, 5.74) is 1.47. The lowest BCUT2D eigenvalue weighted by Gasteiger charge is -2.08. The molecule has 0 aliphatic heterocycles. The smallest absolute Gasteiger partial charge is 0.270 e. The molecule has 5 nitrogen and oxygen atoms in total. The predicted octanol–water partition coefficient (Wildman–Crippen LogP) is 3.39. The minimum Gasteiger partial charge on any atom is -0.353 e. The number of hydrogen-bond acceptors (Lipinski definition) is 4. The number of H-pyrrole nitrogens is 1. The van der Waals surface area contributed by atoms with Crippen molar-refractivity contribution in [3.05, 3.63) is 68.9 Å². The number of thiol groups is 1. The number of para-hydroxylation sites is 1. The summed E-state index contributed by atoms with van der Waals surface area (Å²) >= 11 is 4.27. The molecule has 1 N–H and O–H groups in total. The van der Waals surface area contributed by atoms with Crippen molar-refractivity contribution in [2.24, 2.45) is 0 Å². The molecule has 1 aromatic heterocycles. The second kappa shape index (κ2) is 5.06. The SMILES string of the molecule is O=c1c(S)c(-c2cccc([N+](=O)[O-])c2)[nH]c2ccccc12. The highest BCUT2D eigenvalue weighted by molar-refractivity contribution is 7.80. The van der Waals surface area contributed by atoms with Crippen LogP contribution in [0.1, 0.15) is 0 Å². The second-order valence-electron chi connectivity index (χ2n) is 4.53. The molecule has 1 heterocycles. The van der Waals surface area contributed by atoms with Gasteiger partial charge in [-0.3, -0.25) is 14.9 Å². The van der Waals surface area contributed by atoms with E-state index < -0.39 is 4.92 Å². The van der Waals surface area contributed by atoms with E-state index >= 15 is 0 Å². The number of aromatic amines is 1. The number of nitrogens with one attached hydrogen (secondary N) is 1. The fourth-order valence-corrected chi connectivity index (χ4v) is 2.51. The molecule has 0 amide bonds. The monoisotopic (exact) mass is 298 g/mol. The Hall–Kier alpha value is -2.60. The lowest BCUT2D eigenvalue weighted by Crippen LogP contribution is -2.07. The van der Waals surface area contributed by atoms with Gasteiger partial charge in [0.15, 0.2) is 0 Å². The zero-order valence-electron chi connectivity index (χ0n) is 10.7. The van der Waals surface area contributed by atoms with E-state index in [9.17, 15) is 14.9 Å². The zero-order chi connectivity index (χ0) is 15.0. The number of hydrogen-bond donors (Lipinski definition) is 2. The molecule has 0 bridgehead atoms. The summed E-state index contributed by atoms with van der Waals surface area (Å²) in [6, 6.07) is 13.2. The van der Waals surface area contributed by atoms with Gasteiger partial charge >= 0.3 is 0 Å². The Bertz CT molecular complexity index is 918. The van der Waals surface area contributed by atoms with Crippen LogP contribution in [-0.4, -0.2) is 9.91 Å². The van der Waals surface area contributed by atoms with Gasteiger partial charge in [0.1, 0.15) is 0 Å². The molecular formula is C15H10N2O3S. The predicted molar refractivity (Wildman–Crippen MR) is 83.9 cm³/mol. The van der Waals surface area contributed by atoms with E-state index in [1.54, 1.807) is 30.3 Å². The van der Waals surface area contributed by atoms with Gasteiger partial charge in [0, 0.05) is 28.6 Å². The standard InChI is InChI=1S/C15H10N2O3S/c18-14-11-6-1-2-7-12(11)16-13(15(14)21)9-4-3-5-10(8-9)17(19)20/h1-8,21H,(H,16,18). The molecule has 0 spiro atoms. The first-order chi connectivity index (χ1) is 10.1. The number of non-ortho nitro benzene ring substituents is 1. The van der Waals surface area contributed by atoms with E-state index in [1.165, 1.54) is 12.1 Å². The van der Waals surface area contributed by atoms with E-state index in [4.69, 9.17) is 0 Å². The van der Waals surface area contributed by atoms with Crippen molar-refractivity contribution < 1.29 is 4.92 Å². The van der Waals surface area contributed by atoms with Crippen LogP contribution in [0.15, 0.2) is 58.2 Å². The second-order valence-corrected chi connectivity index (χ2v) is 4.98. The highest BCUT2D eigenvalue weighted by Crippen LogP contribution is 2.27. The van der Waals surface area contributed by atoms with Crippen LogP contribution >= 0.6 is 12.6 Å². The maximum absolute atomic E-state index is 12.3. The number of aromatic nitrogens is 1. The number of nitro benzene ring substituents is 1. The third-order valence-corrected chi connectivity index (χ3v) is 3.66. The Balaban J connectivity index is 2.30. The number of benzene rings is 2. The summed E-state index contributed by atoms with van der Waals surface area (Å²) in [6.45, 7) is 0. The van der Waals surface area contributed by atoms with E-state index in [0.29, 0.717) is 22.2 Å². The summed E-state index contributed by atoms with van der Waals surface area (Å²) < 4.78 is 0. The molecule has 2 aromatic carbocycles.